The molecular formula is C13H16N2O. The highest BCUT2D eigenvalue weighted by Crippen LogP contribution is 2.16. The van der Waals surface area contributed by atoms with E-state index in [9.17, 15) is 4.79 Å². The third-order valence-corrected chi connectivity index (χ3v) is 2.71. The first-order valence-corrected chi connectivity index (χ1v) is 5.50. The van der Waals surface area contributed by atoms with Crippen molar-refractivity contribution in [3.05, 3.63) is 35.3 Å². The van der Waals surface area contributed by atoms with Gasteiger partial charge in [0, 0.05) is 12.1 Å². The molecule has 0 fully saturated rings. The van der Waals surface area contributed by atoms with Crippen molar-refractivity contribution in [2.24, 2.45) is 5.92 Å². The van der Waals surface area contributed by atoms with Crippen molar-refractivity contribution >= 4 is 11.4 Å². The van der Waals surface area contributed by atoms with Crippen LogP contribution in [-0.2, 0) is 0 Å². The van der Waals surface area contributed by atoms with Gasteiger partial charge in [0.25, 0.3) is 0 Å². The van der Waals surface area contributed by atoms with Gasteiger partial charge in [-0.3, -0.25) is 9.20 Å². The van der Waals surface area contributed by atoms with Crippen molar-refractivity contribution in [3.63, 3.8) is 0 Å². The number of carbonyl (C=O) groups is 1. The van der Waals surface area contributed by atoms with Crippen LogP contribution in [-0.4, -0.2) is 15.2 Å². The minimum Gasteiger partial charge on any atom is -0.297 e. The Balaban J connectivity index is 2.70. The fourth-order valence-corrected chi connectivity index (χ4v) is 1.83. The van der Waals surface area contributed by atoms with Crippen LogP contribution in [0.2, 0.25) is 0 Å². The maximum Gasteiger partial charge on any atom is 0.183 e. The highest BCUT2D eigenvalue weighted by molar-refractivity contribution is 5.97. The number of hydrogen-bond donors (Lipinski definition) is 0. The molecule has 0 bridgehead atoms. The quantitative estimate of drug-likeness (QED) is 0.723. The second-order valence-corrected chi connectivity index (χ2v) is 4.50. The molecule has 2 aromatic heterocycles. The van der Waals surface area contributed by atoms with Gasteiger partial charge in [0.15, 0.2) is 5.78 Å². The van der Waals surface area contributed by atoms with E-state index in [0.717, 1.165) is 16.9 Å². The van der Waals surface area contributed by atoms with Gasteiger partial charge in [-0.1, -0.05) is 13.8 Å². The minimum absolute atomic E-state index is 0.0000898. The molecule has 16 heavy (non-hydrogen) atoms. The Labute approximate surface area is 95.1 Å². The van der Waals surface area contributed by atoms with E-state index < -0.39 is 0 Å². The summed E-state index contributed by atoms with van der Waals surface area (Å²) < 4.78 is 1.88. The molecule has 3 heteroatoms. The number of Topliss-reactive ketones (excluding diaryl/α,β-unsaturated/α-hetero) is 1. The lowest BCUT2D eigenvalue weighted by molar-refractivity contribution is 0.0933. The summed E-state index contributed by atoms with van der Waals surface area (Å²) in [5.74, 6) is 0.147. The SMILES string of the molecule is Cc1ccn2c(C(=O)C(C)C)c(C)nc2c1. The van der Waals surface area contributed by atoms with Crippen molar-refractivity contribution < 1.29 is 4.79 Å². The summed E-state index contributed by atoms with van der Waals surface area (Å²) in [6.07, 6.45) is 1.92. The van der Waals surface area contributed by atoms with Crippen LogP contribution in [0, 0.1) is 19.8 Å². The minimum atomic E-state index is -0.0000898. The Kier molecular flexibility index (Phi) is 2.54. The average molecular weight is 216 g/mol. The van der Waals surface area contributed by atoms with Crippen LogP contribution in [0.3, 0.4) is 0 Å². The Morgan fingerprint density at radius 1 is 1.38 bits per heavy atom. The number of fused-ring (bicyclic) bond motifs is 1. The lowest BCUT2D eigenvalue weighted by atomic mass is 10.1. The molecular weight excluding hydrogens is 200 g/mol. The normalized spacial score (nSPS) is 11.3. The second-order valence-electron chi connectivity index (χ2n) is 4.50. The van der Waals surface area contributed by atoms with E-state index in [2.05, 4.69) is 4.98 Å². The monoisotopic (exact) mass is 216 g/mol. The van der Waals surface area contributed by atoms with E-state index >= 15 is 0 Å². The van der Waals surface area contributed by atoms with Crippen molar-refractivity contribution in [1.29, 1.82) is 0 Å². The number of aryl methyl sites for hydroxylation is 2. The highest BCUT2D eigenvalue weighted by atomic mass is 16.1. The number of nitrogens with zero attached hydrogens (tertiary/aromatic N) is 2. The maximum atomic E-state index is 12.1. The summed E-state index contributed by atoms with van der Waals surface area (Å²) in [7, 11) is 0. The number of aromatic nitrogens is 2. The van der Waals surface area contributed by atoms with Gasteiger partial charge < -0.3 is 0 Å². The van der Waals surface area contributed by atoms with E-state index in [-0.39, 0.29) is 11.7 Å². The standard InChI is InChI=1S/C13H16N2O/c1-8(2)13(16)12-10(4)14-11-7-9(3)5-6-15(11)12/h5-8H,1-4H3. The number of ketones is 1. The molecule has 0 aromatic carbocycles. The predicted octanol–water partition coefficient (Wildman–Crippen LogP) is 2.79. The number of rotatable bonds is 2. The smallest absolute Gasteiger partial charge is 0.183 e. The van der Waals surface area contributed by atoms with E-state index in [0.29, 0.717) is 5.69 Å². The molecule has 0 N–H and O–H groups in total. The fourth-order valence-electron chi connectivity index (χ4n) is 1.83. The van der Waals surface area contributed by atoms with Crippen LogP contribution < -0.4 is 0 Å². The summed E-state index contributed by atoms with van der Waals surface area (Å²) in [6, 6.07) is 3.98. The molecule has 3 nitrogen and oxygen atoms in total. The first-order valence-electron chi connectivity index (χ1n) is 5.50. The molecule has 0 aliphatic heterocycles. The predicted molar refractivity (Wildman–Crippen MR) is 63.8 cm³/mol. The van der Waals surface area contributed by atoms with Crippen molar-refractivity contribution in [1.82, 2.24) is 9.38 Å². The van der Waals surface area contributed by atoms with Crippen molar-refractivity contribution in [2.45, 2.75) is 27.7 Å². The summed E-state index contributed by atoms with van der Waals surface area (Å²) in [5.41, 5.74) is 3.52. The Morgan fingerprint density at radius 3 is 2.69 bits per heavy atom. The zero-order valence-corrected chi connectivity index (χ0v) is 10.1. The molecule has 0 saturated carbocycles. The number of imidazole rings is 1. The van der Waals surface area contributed by atoms with Gasteiger partial charge in [-0.15, -0.1) is 0 Å². The zero-order chi connectivity index (χ0) is 11.9. The van der Waals surface area contributed by atoms with Crippen molar-refractivity contribution in [2.75, 3.05) is 0 Å². The molecule has 2 rings (SSSR count). The molecule has 0 unspecified atom stereocenters. The molecule has 2 heterocycles. The van der Waals surface area contributed by atoms with Gasteiger partial charge in [-0.2, -0.15) is 0 Å². The maximum absolute atomic E-state index is 12.1. The van der Waals surface area contributed by atoms with E-state index in [1.54, 1.807) is 0 Å². The Hall–Kier alpha value is -1.64. The van der Waals surface area contributed by atoms with Crippen LogP contribution in [0.5, 0.6) is 0 Å². The zero-order valence-electron chi connectivity index (χ0n) is 10.1. The number of pyridine rings is 1. The Bertz CT molecular complexity index is 552. The van der Waals surface area contributed by atoms with Crippen LogP contribution >= 0.6 is 0 Å². The van der Waals surface area contributed by atoms with Crippen LogP contribution in [0.25, 0.3) is 5.65 Å². The van der Waals surface area contributed by atoms with Crippen LogP contribution in [0.4, 0.5) is 0 Å². The van der Waals surface area contributed by atoms with Crippen LogP contribution in [0.15, 0.2) is 18.3 Å². The molecule has 0 aliphatic rings. The molecule has 0 radical (unpaired) electrons. The van der Waals surface area contributed by atoms with Gasteiger partial charge in [0.05, 0.1) is 5.69 Å². The van der Waals surface area contributed by atoms with E-state index in [1.165, 1.54) is 0 Å². The number of hydrogen-bond acceptors (Lipinski definition) is 2. The summed E-state index contributed by atoms with van der Waals surface area (Å²) in [5, 5.41) is 0. The van der Waals surface area contributed by atoms with Crippen molar-refractivity contribution in [3.8, 4) is 0 Å². The van der Waals surface area contributed by atoms with E-state index in [4.69, 9.17) is 0 Å². The molecule has 2 aromatic rings. The van der Waals surface area contributed by atoms with Crippen LogP contribution in [0.1, 0.15) is 35.6 Å². The highest BCUT2D eigenvalue weighted by Gasteiger charge is 2.18. The molecule has 0 aliphatic carbocycles. The van der Waals surface area contributed by atoms with Gasteiger partial charge in [0.1, 0.15) is 11.3 Å². The summed E-state index contributed by atoms with van der Waals surface area (Å²) >= 11 is 0. The fraction of sp³-hybridized carbons (Fsp3) is 0.385. The lowest BCUT2D eigenvalue weighted by Crippen LogP contribution is -2.11. The van der Waals surface area contributed by atoms with Gasteiger partial charge in [-0.05, 0) is 31.5 Å². The topological polar surface area (TPSA) is 34.4 Å². The third-order valence-electron chi connectivity index (χ3n) is 2.71. The van der Waals surface area contributed by atoms with Gasteiger partial charge in [-0.25, -0.2) is 4.98 Å². The molecule has 0 amide bonds. The summed E-state index contributed by atoms with van der Waals surface area (Å²) in [4.78, 5) is 16.5. The lowest BCUT2D eigenvalue weighted by Gasteiger charge is -2.05. The second kappa shape index (κ2) is 3.74. The molecule has 84 valence electrons. The largest absolute Gasteiger partial charge is 0.297 e. The van der Waals surface area contributed by atoms with E-state index in [1.807, 2.05) is 50.4 Å². The molecule has 0 spiro atoms. The molecule has 0 saturated heterocycles. The average Bonchev–Trinajstić information content (AvgIpc) is 2.51. The summed E-state index contributed by atoms with van der Waals surface area (Å²) in [6.45, 7) is 7.73. The van der Waals surface area contributed by atoms with Gasteiger partial charge in [0.2, 0.25) is 0 Å². The van der Waals surface area contributed by atoms with Gasteiger partial charge >= 0.3 is 0 Å². The third kappa shape index (κ3) is 1.62. The first-order chi connectivity index (χ1) is 7.50. The first kappa shape index (κ1) is 10.9. The molecule has 0 atom stereocenters. The Morgan fingerprint density at radius 2 is 2.06 bits per heavy atom. The number of carbonyl (C=O) groups excluding carboxylic acids is 1.